The highest BCUT2D eigenvalue weighted by atomic mass is 32.1. The quantitative estimate of drug-likeness (QED) is 0.633. The van der Waals surface area contributed by atoms with Crippen molar-refractivity contribution >= 4 is 29.1 Å². The van der Waals surface area contributed by atoms with Crippen molar-refractivity contribution in [1.82, 2.24) is 9.80 Å². The number of allylic oxidation sites excluding steroid dienone is 1. The highest BCUT2D eigenvalue weighted by Crippen LogP contribution is 2.39. The Kier molecular flexibility index (Phi) is 7.01. The molecule has 2 heterocycles. The number of ketones is 1. The van der Waals surface area contributed by atoms with Crippen LogP contribution < -0.4 is 0 Å². The van der Waals surface area contributed by atoms with Gasteiger partial charge in [0.25, 0.3) is 5.91 Å². The number of aliphatic hydroxyl groups is 1. The average Bonchev–Trinajstić information content (AvgIpc) is 3.36. The van der Waals surface area contributed by atoms with Gasteiger partial charge in [0.2, 0.25) is 0 Å². The number of carbonyl (C=O) groups is 2. The van der Waals surface area contributed by atoms with Crippen LogP contribution in [0.3, 0.4) is 0 Å². The van der Waals surface area contributed by atoms with Gasteiger partial charge in [-0.3, -0.25) is 9.59 Å². The van der Waals surface area contributed by atoms with Crippen molar-refractivity contribution < 1.29 is 14.7 Å². The summed E-state index contributed by atoms with van der Waals surface area (Å²) >= 11 is 1.48. The molecular weight excluding hydrogens is 384 g/mol. The first-order valence-electron chi connectivity index (χ1n) is 9.84. The van der Waals surface area contributed by atoms with Gasteiger partial charge in [0.05, 0.1) is 11.6 Å². The molecule has 0 saturated heterocycles. The number of benzene rings is 1. The largest absolute Gasteiger partial charge is 0.503 e. The van der Waals surface area contributed by atoms with E-state index in [1.807, 2.05) is 47.8 Å². The number of nitrogens with zero attached hydrogens (tertiary/aromatic N) is 2. The highest BCUT2D eigenvalue weighted by Gasteiger charge is 2.43. The SMILES string of the molecule is CCN(CC)CCN1C(=O)C(O)=C(C(=O)/C=C/c2ccccc2)C1c1cccs1. The molecule has 0 spiro atoms. The normalized spacial score (nSPS) is 17.1. The van der Waals surface area contributed by atoms with E-state index >= 15 is 0 Å². The molecule has 1 amide bonds. The third kappa shape index (κ3) is 4.66. The Morgan fingerprint density at radius 2 is 1.90 bits per heavy atom. The predicted molar refractivity (Wildman–Crippen MR) is 117 cm³/mol. The van der Waals surface area contributed by atoms with Crippen LogP contribution in [0.15, 0.2) is 65.3 Å². The fourth-order valence-electron chi connectivity index (χ4n) is 3.49. The summed E-state index contributed by atoms with van der Waals surface area (Å²) in [5.41, 5.74) is 1.04. The summed E-state index contributed by atoms with van der Waals surface area (Å²) in [5, 5.41) is 12.5. The van der Waals surface area contributed by atoms with Crippen LogP contribution in [0, 0.1) is 0 Å². The fraction of sp³-hybridized carbons (Fsp3) is 0.304. The topological polar surface area (TPSA) is 60.9 Å². The fourth-order valence-corrected chi connectivity index (χ4v) is 4.34. The van der Waals surface area contributed by atoms with Crippen LogP contribution in [0.1, 0.15) is 30.3 Å². The molecule has 1 aromatic carbocycles. The lowest BCUT2D eigenvalue weighted by Gasteiger charge is -2.28. The van der Waals surface area contributed by atoms with Crippen molar-refractivity contribution in [3.63, 3.8) is 0 Å². The van der Waals surface area contributed by atoms with E-state index in [-0.39, 0.29) is 11.4 Å². The van der Waals surface area contributed by atoms with Gasteiger partial charge in [-0.05, 0) is 36.2 Å². The van der Waals surface area contributed by atoms with Crippen molar-refractivity contribution in [3.8, 4) is 0 Å². The first-order chi connectivity index (χ1) is 14.1. The van der Waals surface area contributed by atoms with Gasteiger partial charge in [0.15, 0.2) is 11.5 Å². The third-order valence-electron chi connectivity index (χ3n) is 5.16. The molecule has 0 bridgehead atoms. The van der Waals surface area contributed by atoms with E-state index in [1.54, 1.807) is 11.0 Å². The minimum Gasteiger partial charge on any atom is -0.503 e. The lowest BCUT2D eigenvalue weighted by atomic mass is 10.0. The monoisotopic (exact) mass is 410 g/mol. The third-order valence-corrected chi connectivity index (χ3v) is 6.08. The molecule has 0 fully saturated rings. The van der Waals surface area contributed by atoms with Crippen molar-refractivity contribution in [2.75, 3.05) is 26.2 Å². The molecule has 29 heavy (non-hydrogen) atoms. The van der Waals surface area contributed by atoms with Gasteiger partial charge in [-0.25, -0.2) is 0 Å². The van der Waals surface area contributed by atoms with Crippen LogP contribution >= 0.6 is 11.3 Å². The molecule has 1 atom stereocenters. The number of hydrogen-bond donors (Lipinski definition) is 1. The number of likely N-dealkylation sites (N-methyl/N-ethyl adjacent to an activating group) is 1. The summed E-state index contributed by atoms with van der Waals surface area (Å²) in [6, 6.07) is 12.7. The number of thiophene rings is 1. The molecule has 1 unspecified atom stereocenters. The van der Waals surface area contributed by atoms with Crippen molar-refractivity contribution in [2.45, 2.75) is 19.9 Å². The molecule has 0 aliphatic carbocycles. The molecule has 152 valence electrons. The molecule has 1 aliphatic rings. The van der Waals surface area contributed by atoms with Gasteiger partial charge < -0.3 is 14.9 Å². The van der Waals surface area contributed by atoms with E-state index in [0.29, 0.717) is 13.1 Å². The Bertz CT molecular complexity index is 899. The van der Waals surface area contributed by atoms with E-state index in [9.17, 15) is 14.7 Å². The van der Waals surface area contributed by atoms with E-state index in [4.69, 9.17) is 0 Å². The molecule has 0 radical (unpaired) electrons. The zero-order valence-electron chi connectivity index (χ0n) is 16.7. The summed E-state index contributed by atoms with van der Waals surface area (Å²) in [5.74, 6) is -1.26. The van der Waals surface area contributed by atoms with Crippen LogP contribution in [0.4, 0.5) is 0 Å². The first kappa shape index (κ1) is 21.0. The molecule has 1 N–H and O–H groups in total. The smallest absolute Gasteiger partial charge is 0.290 e. The summed E-state index contributed by atoms with van der Waals surface area (Å²) in [7, 11) is 0. The minimum atomic E-state index is -0.550. The van der Waals surface area contributed by atoms with Crippen LogP contribution in [0.2, 0.25) is 0 Å². The van der Waals surface area contributed by atoms with Gasteiger partial charge in [0, 0.05) is 18.0 Å². The Balaban J connectivity index is 1.88. The Labute approximate surface area is 175 Å². The number of carbonyl (C=O) groups excluding carboxylic acids is 2. The molecule has 3 rings (SSSR count). The standard InChI is InChI=1S/C23H26N2O3S/c1-3-24(4-2)14-15-25-21(19-11-8-16-29-19)20(22(27)23(25)28)18(26)13-12-17-9-6-5-7-10-17/h5-13,16,21,27H,3-4,14-15H2,1-2H3/b13-12+. The number of aliphatic hydroxyl groups excluding tert-OH is 1. The van der Waals surface area contributed by atoms with Crippen LogP contribution in [-0.4, -0.2) is 52.8 Å². The van der Waals surface area contributed by atoms with E-state index in [2.05, 4.69) is 18.7 Å². The Morgan fingerprint density at radius 3 is 2.52 bits per heavy atom. The zero-order valence-corrected chi connectivity index (χ0v) is 17.6. The second-order valence-electron chi connectivity index (χ2n) is 6.81. The maximum Gasteiger partial charge on any atom is 0.290 e. The minimum absolute atomic E-state index is 0.157. The number of hydrogen-bond acceptors (Lipinski definition) is 5. The highest BCUT2D eigenvalue weighted by molar-refractivity contribution is 7.10. The molecule has 1 aliphatic heterocycles. The van der Waals surface area contributed by atoms with Crippen LogP contribution in [-0.2, 0) is 9.59 Å². The lowest BCUT2D eigenvalue weighted by Crippen LogP contribution is -2.38. The van der Waals surface area contributed by atoms with E-state index in [0.717, 1.165) is 23.5 Å². The lowest BCUT2D eigenvalue weighted by molar-refractivity contribution is -0.129. The summed E-state index contributed by atoms with van der Waals surface area (Å²) in [4.78, 5) is 30.5. The molecule has 6 heteroatoms. The summed E-state index contributed by atoms with van der Waals surface area (Å²) < 4.78 is 0. The second kappa shape index (κ2) is 9.67. The predicted octanol–water partition coefficient (Wildman–Crippen LogP) is 4.07. The first-order valence-corrected chi connectivity index (χ1v) is 10.7. The van der Waals surface area contributed by atoms with Crippen molar-refractivity contribution in [2.24, 2.45) is 0 Å². The molecule has 0 saturated carbocycles. The Hall–Kier alpha value is -2.70. The molecular formula is C23H26N2O3S. The summed E-state index contributed by atoms with van der Waals surface area (Å²) in [6.07, 6.45) is 3.14. The van der Waals surface area contributed by atoms with E-state index in [1.165, 1.54) is 17.4 Å². The van der Waals surface area contributed by atoms with Gasteiger partial charge >= 0.3 is 0 Å². The number of rotatable bonds is 9. The molecule has 5 nitrogen and oxygen atoms in total. The zero-order chi connectivity index (χ0) is 20.8. The second-order valence-corrected chi connectivity index (χ2v) is 7.79. The molecule has 2 aromatic rings. The van der Waals surface area contributed by atoms with Crippen LogP contribution in [0.5, 0.6) is 0 Å². The van der Waals surface area contributed by atoms with Gasteiger partial charge in [-0.1, -0.05) is 56.3 Å². The maximum atomic E-state index is 13.0. The Morgan fingerprint density at radius 1 is 1.17 bits per heavy atom. The maximum absolute atomic E-state index is 13.0. The van der Waals surface area contributed by atoms with E-state index < -0.39 is 17.7 Å². The summed E-state index contributed by atoms with van der Waals surface area (Å²) in [6.45, 7) is 7.05. The average molecular weight is 411 g/mol. The van der Waals surface area contributed by atoms with Crippen molar-refractivity contribution in [3.05, 3.63) is 75.7 Å². The van der Waals surface area contributed by atoms with Gasteiger partial charge in [-0.2, -0.15) is 0 Å². The number of amides is 1. The van der Waals surface area contributed by atoms with Gasteiger partial charge in [-0.15, -0.1) is 11.3 Å². The van der Waals surface area contributed by atoms with Crippen molar-refractivity contribution in [1.29, 1.82) is 0 Å². The van der Waals surface area contributed by atoms with Gasteiger partial charge in [0.1, 0.15) is 0 Å². The molecule has 1 aromatic heterocycles. The van der Waals surface area contributed by atoms with Crippen LogP contribution in [0.25, 0.3) is 6.08 Å².